The van der Waals surface area contributed by atoms with Crippen LogP contribution in [0.2, 0.25) is 0 Å². The van der Waals surface area contributed by atoms with Gasteiger partial charge in [0.1, 0.15) is 19.2 Å². The van der Waals surface area contributed by atoms with Crippen molar-refractivity contribution in [1.82, 2.24) is 9.80 Å². The van der Waals surface area contributed by atoms with Gasteiger partial charge >= 0.3 is 0 Å². The smallest absolute Gasteiger partial charge is 0.246 e. The van der Waals surface area contributed by atoms with Crippen LogP contribution in [-0.4, -0.2) is 52.5 Å². The molecule has 0 radical (unpaired) electrons. The summed E-state index contributed by atoms with van der Waals surface area (Å²) in [7, 11) is 0. The molecule has 110 valence electrons. The van der Waals surface area contributed by atoms with Gasteiger partial charge in [-0.25, -0.2) is 0 Å². The number of nitrogens with zero attached hydrogens (tertiary/aromatic N) is 2. The second kappa shape index (κ2) is 5.88. The molecule has 2 saturated heterocycles. The van der Waals surface area contributed by atoms with Gasteiger partial charge in [-0.2, -0.15) is 0 Å². The number of aliphatic hydroxyl groups excluding tert-OH is 1. The van der Waals surface area contributed by atoms with Gasteiger partial charge in [-0.3, -0.25) is 9.59 Å². The monoisotopic (exact) mass is 304 g/mol. The molecular formula is C15H16N2O3S. The number of aliphatic hydroxyl groups is 1. The molecule has 21 heavy (non-hydrogen) atoms. The number of carbonyl (C=O) groups excluding carboxylic acids is 2. The molecule has 0 aliphatic carbocycles. The van der Waals surface area contributed by atoms with E-state index in [0.29, 0.717) is 13.1 Å². The van der Waals surface area contributed by atoms with Crippen LogP contribution in [0.3, 0.4) is 0 Å². The molecule has 0 saturated carbocycles. The summed E-state index contributed by atoms with van der Waals surface area (Å²) < 4.78 is 0. The zero-order chi connectivity index (χ0) is 14.8. The molecule has 0 bridgehead atoms. The third kappa shape index (κ3) is 2.80. The van der Waals surface area contributed by atoms with Gasteiger partial charge in [0.15, 0.2) is 0 Å². The van der Waals surface area contributed by atoms with Crippen molar-refractivity contribution in [3.8, 4) is 11.8 Å². The topological polar surface area (TPSA) is 60.9 Å². The molecule has 5 nitrogen and oxygen atoms in total. The molecule has 1 aromatic heterocycles. The van der Waals surface area contributed by atoms with E-state index in [1.54, 1.807) is 9.80 Å². The van der Waals surface area contributed by atoms with Crippen molar-refractivity contribution >= 4 is 23.2 Å². The fourth-order valence-electron chi connectivity index (χ4n) is 2.84. The van der Waals surface area contributed by atoms with Crippen LogP contribution in [0.5, 0.6) is 0 Å². The van der Waals surface area contributed by atoms with Gasteiger partial charge in [-0.1, -0.05) is 11.8 Å². The highest BCUT2D eigenvalue weighted by Crippen LogP contribution is 2.26. The Morgan fingerprint density at radius 3 is 3.05 bits per heavy atom. The second-order valence-electron chi connectivity index (χ2n) is 5.17. The fourth-order valence-corrected chi connectivity index (χ4v) is 3.74. The van der Waals surface area contributed by atoms with E-state index in [1.807, 2.05) is 12.1 Å². The van der Waals surface area contributed by atoms with Gasteiger partial charge < -0.3 is 14.9 Å². The maximum absolute atomic E-state index is 12.4. The summed E-state index contributed by atoms with van der Waals surface area (Å²) in [5.74, 6) is 5.56. The van der Waals surface area contributed by atoms with Gasteiger partial charge in [0.05, 0.1) is 11.4 Å². The fraction of sp³-hybridized carbons (Fsp3) is 0.467. The van der Waals surface area contributed by atoms with E-state index in [-0.39, 0.29) is 31.0 Å². The Morgan fingerprint density at radius 1 is 1.38 bits per heavy atom. The van der Waals surface area contributed by atoms with Crippen LogP contribution in [0.25, 0.3) is 0 Å². The summed E-state index contributed by atoms with van der Waals surface area (Å²) in [6.45, 7) is 1.18. The lowest BCUT2D eigenvalue weighted by molar-refractivity contribution is -0.154. The average Bonchev–Trinajstić information content (AvgIpc) is 3.11. The Bertz CT molecular complexity index is 628. The SMILES string of the molecule is O=C1C2CCCN2C(=O)CN1Cc1ccc(C#CCO)s1. The number of rotatable bonds is 2. The Labute approximate surface area is 127 Å². The largest absolute Gasteiger partial charge is 0.384 e. The lowest BCUT2D eigenvalue weighted by Gasteiger charge is -2.36. The predicted molar refractivity (Wildman–Crippen MR) is 78.4 cm³/mol. The Kier molecular flexibility index (Phi) is 3.95. The quantitative estimate of drug-likeness (QED) is 0.806. The molecule has 2 aliphatic heterocycles. The van der Waals surface area contributed by atoms with Crippen LogP contribution >= 0.6 is 11.3 Å². The lowest BCUT2D eigenvalue weighted by Crippen LogP contribution is -2.56. The molecule has 1 N–H and O–H groups in total. The number of fused-ring (bicyclic) bond motifs is 1. The highest BCUT2D eigenvalue weighted by Gasteiger charge is 2.41. The predicted octanol–water partition coefficient (Wildman–Crippen LogP) is 0.425. The lowest BCUT2D eigenvalue weighted by atomic mass is 10.1. The van der Waals surface area contributed by atoms with Gasteiger partial charge in [0.25, 0.3) is 0 Å². The first-order valence-corrected chi connectivity index (χ1v) is 7.77. The average molecular weight is 304 g/mol. The van der Waals surface area contributed by atoms with Crippen molar-refractivity contribution < 1.29 is 14.7 Å². The van der Waals surface area contributed by atoms with Crippen LogP contribution < -0.4 is 0 Å². The van der Waals surface area contributed by atoms with E-state index in [1.165, 1.54) is 11.3 Å². The second-order valence-corrected chi connectivity index (χ2v) is 6.33. The van der Waals surface area contributed by atoms with E-state index in [0.717, 1.165) is 22.6 Å². The van der Waals surface area contributed by atoms with E-state index in [2.05, 4.69) is 11.8 Å². The number of hydrogen-bond acceptors (Lipinski definition) is 4. The van der Waals surface area contributed by atoms with Crippen LogP contribution in [-0.2, 0) is 16.1 Å². The van der Waals surface area contributed by atoms with Crippen molar-refractivity contribution in [3.05, 3.63) is 21.9 Å². The third-order valence-corrected chi connectivity index (χ3v) is 4.78. The highest BCUT2D eigenvalue weighted by molar-refractivity contribution is 7.12. The van der Waals surface area contributed by atoms with Crippen molar-refractivity contribution in [2.75, 3.05) is 19.7 Å². The summed E-state index contributed by atoms with van der Waals surface area (Å²) in [6, 6.07) is 3.55. The van der Waals surface area contributed by atoms with E-state index >= 15 is 0 Å². The van der Waals surface area contributed by atoms with E-state index in [9.17, 15) is 9.59 Å². The first-order chi connectivity index (χ1) is 10.2. The first-order valence-electron chi connectivity index (χ1n) is 6.96. The van der Waals surface area contributed by atoms with Gasteiger partial charge in [-0.05, 0) is 25.0 Å². The Hall–Kier alpha value is -1.84. The molecule has 1 aromatic rings. The minimum Gasteiger partial charge on any atom is -0.384 e. The van der Waals surface area contributed by atoms with Crippen molar-refractivity contribution in [2.45, 2.75) is 25.4 Å². The number of carbonyl (C=O) groups is 2. The normalized spacial score (nSPS) is 21.3. The standard InChI is InChI=1S/C15H16N2O3S/c18-8-2-3-11-5-6-12(21-11)9-16-10-14(19)17-7-1-4-13(17)15(16)20/h5-6,13,18H,1,4,7-10H2. The zero-order valence-corrected chi connectivity index (χ0v) is 12.4. The molecule has 0 spiro atoms. The van der Waals surface area contributed by atoms with E-state index in [4.69, 9.17) is 5.11 Å². The van der Waals surface area contributed by atoms with Gasteiger partial charge in [-0.15, -0.1) is 11.3 Å². The molecule has 1 atom stereocenters. The summed E-state index contributed by atoms with van der Waals surface area (Å²) >= 11 is 1.49. The van der Waals surface area contributed by atoms with Crippen molar-refractivity contribution in [2.24, 2.45) is 0 Å². The van der Waals surface area contributed by atoms with Crippen molar-refractivity contribution in [3.63, 3.8) is 0 Å². The van der Waals surface area contributed by atoms with E-state index < -0.39 is 0 Å². The molecule has 0 aromatic carbocycles. The summed E-state index contributed by atoms with van der Waals surface area (Å²) in [5.41, 5.74) is 0. The van der Waals surface area contributed by atoms with Crippen LogP contribution in [0, 0.1) is 11.8 Å². The minimum atomic E-state index is -0.250. The molecular weight excluding hydrogens is 288 g/mol. The maximum atomic E-state index is 12.4. The zero-order valence-electron chi connectivity index (χ0n) is 11.5. The van der Waals surface area contributed by atoms with Crippen LogP contribution in [0.15, 0.2) is 12.1 Å². The Morgan fingerprint density at radius 2 is 2.24 bits per heavy atom. The molecule has 6 heteroatoms. The summed E-state index contributed by atoms with van der Waals surface area (Å²) in [5, 5.41) is 8.68. The summed E-state index contributed by atoms with van der Waals surface area (Å²) in [4.78, 5) is 29.7. The minimum absolute atomic E-state index is 0.0500. The molecule has 3 rings (SSSR count). The molecule has 2 amide bonds. The van der Waals surface area contributed by atoms with Crippen molar-refractivity contribution in [1.29, 1.82) is 0 Å². The third-order valence-electron chi connectivity index (χ3n) is 3.79. The molecule has 3 heterocycles. The number of thiophene rings is 1. The number of piperazine rings is 1. The van der Waals surface area contributed by atoms with Gasteiger partial charge in [0, 0.05) is 11.4 Å². The molecule has 1 unspecified atom stereocenters. The van der Waals surface area contributed by atoms with Crippen LogP contribution in [0.4, 0.5) is 0 Å². The summed E-state index contributed by atoms with van der Waals surface area (Å²) in [6.07, 6.45) is 1.69. The van der Waals surface area contributed by atoms with Gasteiger partial charge in [0.2, 0.25) is 11.8 Å². The molecule has 2 fully saturated rings. The number of amides is 2. The maximum Gasteiger partial charge on any atom is 0.246 e. The first kappa shape index (κ1) is 14.1. The molecule has 2 aliphatic rings. The number of hydrogen-bond donors (Lipinski definition) is 1. The Balaban J connectivity index is 1.71. The van der Waals surface area contributed by atoms with Crippen LogP contribution in [0.1, 0.15) is 22.6 Å². The highest BCUT2D eigenvalue weighted by atomic mass is 32.1.